The monoisotopic (exact) mass is 179 g/mol. The van der Waals surface area contributed by atoms with Gasteiger partial charge < -0.3 is 5.11 Å². The molecule has 0 saturated heterocycles. The lowest BCUT2D eigenvalue weighted by atomic mass is 10.1. The summed E-state index contributed by atoms with van der Waals surface area (Å²) in [6.45, 7) is 4.54. The molecular formula is C11H17NO. The first-order valence-corrected chi connectivity index (χ1v) is 4.79. The number of aromatic nitrogens is 1. The standard InChI is InChI=1S/C11H17NO/c1-9(2)11-8-10(4-3-7-13)5-6-12-11/h5-6,8-9,13H,3-4,7H2,1-2H3. The molecule has 1 aromatic rings. The van der Waals surface area contributed by atoms with Gasteiger partial charge in [0.05, 0.1) is 0 Å². The molecule has 1 N–H and O–H groups in total. The van der Waals surface area contributed by atoms with E-state index in [-0.39, 0.29) is 6.61 Å². The van der Waals surface area contributed by atoms with Gasteiger partial charge >= 0.3 is 0 Å². The van der Waals surface area contributed by atoms with Crippen LogP contribution in [0.3, 0.4) is 0 Å². The van der Waals surface area contributed by atoms with E-state index in [1.54, 1.807) is 0 Å². The van der Waals surface area contributed by atoms with Crippen LogP contribution in [-0.2, 0) is 6.42 Å². The average Bonchev–Trinajstić information content (AvgIpc) is 2.15. The number of aryl methyl sites for hydroxylation is 1. The van der Waals surface area contributed by atoms with Gasteiger partial charge in [0, 0.05) is 18.5 Å². The summed E-state index contributed by atoms with van der Waals surface area (Å²) in [5.41, 5.74) is 2.41. The summed E-state index contributed by atoms with van der Waals surface area (Å²) in [6.07, 6.45) is 3.63. The first-order valence-electron chi connectivity index (χ1n) is 4.79. The number of rotatable bonds is 4. The predicted molar refractivity (Wildman–Crippen MR) is 53.7 cm³/mol. The summed E-state index contributed by atoms with van der Waals surface area (Å²) in [5.74, 6) is 0.481. The van der Waals surface area contributed by atoms with Crippen molar-refractivity contribution >= 4 is 0 Å². The zero-order valence-electron chi connectivity index (χ0n) is 8.33. The van der Waals surface area contributed by atoms with E-state index >= 15 is 0 Å². The van der Waals surface area contributed by atoms with Gasteiger partial charge in [-0.15, -0.1) is 0 Å². The van der Waals surface area contributed by atoms with E-state index in [2.05, 4.69) is 24.9 Å². The molecule has 72 valence electrons. The van der Waals surface area contributed by atoms with E-state index in [0.717, 1.165) is 18.5 Å². The van der Waals surface area contributed by atoms with Gasteiger partial charge in [0.15, 0.2) is 0 Å². The normalized spacial score (nSPS) is 10.8. The molecule has 0 fully saturated rings. The minimum Gasteiger partial charge on any atom is -0.396 e. The molecule has 0 saturated carbocycles. The van der Waals surface area contributed by atoms with E-state index in [0.29, 0.717) is 5.92 Å². The quantitative estimate of drug-likeness (QED) is 0.768. The minimum absolute atomic E-state index is 0.263. The highest BCUT2D eigenvalue weighted by atomic mass is 16.2. The molecule has 0 unspecified atom stereocenters. The Balaban J connectivity index is 2.68. The molecule has 0 aliphatic carbocycles. The SMILES string of the molecule is CC(C)c1cc(CCCO)ccn1. The Morgan fingerprint density at radius 1 is 1.46 bits per heavy atom. The lowest BCUT2D eigenvalue weighted by molar-refractivity contribution is 0.288. The third kappa shape index (κ3) is 3.15. The fraction of sp³-hybridized carbons (Fsp3) is 0.545. The molecule has 0 atom stereocenters. The van der Waals surface area contributed by atoms with Crippen molar-refractivity contribution in [3.8, 4) is 0 Å². The summed E-state index contributed by atoms with van der Waals surface area (Å²) >= 11 is 0. The molecule has 0 aliphatic rings. The molecule has 2 nitrogen and oxygen atoms in total. The van der Waals surface area contributed by atoms with Crippen LogP contribution in [0.15, 0.2) is 18.3 Å². The van der Waals surface area contributed by atoms with Crippen molar-refractivity contribution in [1.29, 1.82) is 0 Å². The van der Waals surface area contributed by atoms with Gasteiger partial charge in [-0.25, -0.2) is 0 Å². The van der Waals surface area contributed by atoms with Crippen LogP contribution in [0.1, 0.15) is 37.4 Å². The largest absolute Gasteiger partial charge is 0.396 e. The van der Waals surface area contributed by atoms with Gasteiger partial charge in [-0.3, -0.25) is 4.98 Å². The fourth-order valence-corrected chi connectivity index (χ4v) is 1.25. The second-order valence-electron chi connectivity index (χ2n) is 3.57. The Hall–Kier alpha value is -0.890. The van der Waals surface area contributed by atoms with Gasteiger partial charge in [0.2, 0.25) is 0 Å². The molecule has 13 heavy (non-hydrogen) atoms. The summed E-state index contributed by atoms with van der Waals surface area (Å²) in [4.78, 5) is 4.28. The molecule has 0 aliphatic heterocycles. The maximum absolute atomic E-state index is 8.69. The van der Waals surface area contributed by atoms with Crippen LogP contribution in [0.25, 0.3) is 0 Å². The van der Waals surface area contributed by atoms with Crippen molar-refractivity contribution in [1.82, 2.24) is 4.98 Å². The van der Waals surface area contributed by atoms with Crippen LogP contribution in [0.4, 0.5) is 0 Å². The van der Waals surface area contributed by atoms with Crippen LogP contribution in [0.5, 0.6) is 0 Å². The first-order chi connectivity index (χ1) is 6.24. The fourth-order valence-electron chi connectivity index (χ4n) is 1.25. The highest BCUT2D eigenvalue weighted by molar-refractivity contribution is 5.18. The van der Waals surface area contributed by atoms with Gasteiger partial charge in [-0.1, -0.05) is 13.8 Å². The van der Waals surface area contributed by atoms with Crippen molar-refractivity contribution in [3.63, 3.8) is 0 Å². The molecule has 2 heteroatoms. The highest BCUT2D eigenvalue weighted by Crippen LogP contribution is 2.13. The van der Waals surface area contributed by atoms with Crippen LogP contribution in [0, 0.1) is 0 Å². The number of pyridine rings is 1. The van der Waals surface area contributed by atoms with Gasteiger partial charge in [0.1, 0.15) is 0 Å². The van der Waals surface area contributed by atoms with Crippen molar-refractivity contribution in [2.45, 2.75) is 32.6 Å². The van der Waals surface area contributed by atoms with E-state index in [1.165, 1.54) is 5.56 Å². The maximum atomic E-state index is 8.69. The van der Waals surface area contributed by atoms with Crippen LogP contribution in [0.2, 0.25) is 0 Å². The Bertz CT molecular complexity index is 258. The molecule has 1 rings (SSSR count). The molecule has 0 aromatic carbocycles. The second-order valence-corrected chi connectivity index (χ2v) is 3.57. The molecule has 1 aromatic heterocycles. The number of aliphatic hydroxyl groups is 1. The van der Waals surface area contributed by atoms with Crippen LogP contribution < -0.4 is 0 Å². The van der Waals surface area contributed by atoms with Crippen LogP contribution >= 0.6 is 0 Å². The van der Waals surface area contributed by atoms with Crippen molar-refractivity contribution in [3.05, 3.63) is 29.6 Å². The van der Waals surface area contributed by atoms with Crippen LogP contribution in [-0.4, -0.2) is 16.7 Å². The molecule has 1 heterocycles. The average molecular weight is 179 g/mol. The van der Waals surface area contributed by atoms with Crippen molar-refractivity contribution < 1.29 is 5.11 Å². The summed E-state index contributed by atoms with van der Waals surface area (Å²) in [7, 11) is 0. The molecular weight excluding hydrogens is 162 g/mol. The van der Waals surface area contributed by atoms with Gasteiger partial charge in [0.25, 0.3) is 0 Å². The van der Waals surface area contributed by atoms with E-state index in [4.69, 9.17) is 5.11 Å². The zero-order valence-corrected chi connectivity index (χ0v) is 8.33. The van der Waals surface area contributed by atoms with Gasteiger partial charge in [-0.2, -0.15) is 0 Å². The Morgan fingerprint density at radius 3 is 2.85 bits per heavy atom. The van der Waals surface area contributed by atoms with Crippen molar-refractivity contribution in [2.24, 2.45) is 0 Å². The smallest absolute Gasteiger partial charge is 0.0434 e. The first kappa shape index (κ1) is 10.2. The van der Waals surface area contributed by atoms with E-state index < -0.39 is 0 Å². The topological polar surface area (TPSA) is 33.1 Å². The van der Waals surface area contributed by atoms with E-state index in [9.17, 15) is 0 Å². The molecule has 0 radical (unpaired) electrons. The second kappa shape index (κ2) is 4.97. The Morgan fingerprint density at radius 2 is 2.23 bits per heavy atom. The Labute approximate surface area is 79.6 Å². The number of aliphatic hydroxyl groups excluding tert-OH is 1. The van der Waals surface area contributed by atoms with Crippen molar-refractivity contribution in [2.75, 3.05) is 6.61 Å². The minimum atomic E-state index is 0.263. The third-order valence-electron chi connectivity index (χ3n) is 2.06. The van der Waals surface area contributed by atoms with Gasteiger partial charge in [-0.05, 0) is 36.5 Å². The summed E-state index contributed by atoms with van der Waals surface area (Å²) < 4.78 is 0. The summed E-state index contributed by atoms with van der Waals surface area (Å²) in [6, 6.07) is 4.14. The number of nitrogens with zero attached hydrogens (tertiary/aromatic N) is 1. The summed E-state index contributed by atoms with van der Waals surface area (Å²) in [5, 5.41) is 8.69. The third-order valence-corrected chi connectivity index (χ3v) is 2.06. The molecule has 0 spiro atoms. The maximum Gasteiger partial charge on any atom is 0.0434 e. The highest BCUT2D eigenvalue weighted by Gasteiger charge is 2.01. The zero-order chi connectivity index (χ0) is 9.68. The van der Waals surface area contributed by atoms with E-state index in [1.807, 2.05) is 12.3 Å². The Kier molecular flexibility index (Phi) is 3.90. The number of hydrogen-bond acceptors (Lipinski definition) is 2. The lowest BCUT2D eigenvalue weighted by Gasteiger charge is -2.06. The number of hydrogen-bond donors (Lipinski definition) is 1. The lowest BCUT2D eigenvalue weighted by Crippen LogP contribution is -1.95. The predicted octanol–water partition coefficient (Wildman–Crippen LogP) is 2.13. The molecule has 0 amide bonds. The molecule has 0 bridgehead atoms.